The zero-order valence-corrected chi connectivity index (χ0v) is 16.7. The fourth-order valence-electron chi connectivity index (χ4n) is 4.19. The Morgan fingerprint density at radius 2 is 1.57 bits per heavy atom. The van der Waals surface area contributed by atoms with Crippen LogP contribution in [-0.4, -0.2) is 17.4 Å². The van der Waals surface area contributed by atoms with E-state index < -0.39 is 6.04 Å². The highest BCUT2D eigenvalue weighted by molar-refractivity contribution is 5.99. The van der Waals surface area contributed by atoms with Crippen LogP contribution in [0.3, 0.4) is 0 Å². The van der Waals surface area contributed by atoms with Crippen LogP contribution in [0.1, 0.15) is 38.9 Å². The van der Waals surface area contributed by atoms with Crippen molar-refractivity contribution in [3.63, 3.8) is 0 Å². The van der Waals surface area contributed by atoms with Crippen molar-refractivity contribution in [2.24, 2.45) is 0 Å². The van der Waals surface area contributed by atoms with Gasteiger partial charge in [-0.05, 0) is 36.6 Å². The molecule has 0 spiro atoms. The first-order chi connectivity index (χ1) is 14.6. The summed E-state index contributed by atoms with van der Waals surface area (Å²) in [5, 5.41) is 0.506. The lowest BCUT2D eigenvalue weighted by atomic mass is 9.97. The molecule has 0 aliphatic carbocycles. The standard InChI is InChI=1S/C26H21NO3/c1-17-11-13-19(14-12-17)23-22-24(28)20-9-5-6-10-21(20)30-25(22)26(29)27(23)16-15-18-7-3-2-4-8-18/h2-14,23H,15-16H2,1H3/t23-/m1/s1. The third kappa shape index (κ3) is 3.01. The van der Waals surface area contributed by atoms with E-state index in [1.165, 1.54) is 0 Å². The number of benzene rings is 3. The van der Waals surface area contributed by atoms with Gasteiger partial charge in [-0.25, -0.2) is 0 Å². The van der Waals surface area contributed by atoms with Crippen molar-refractivity contribution in [2.75, 3.05) is 6.54 Å². The van der Waals surface area contributed by atoms with Crippen LogP contribution >= 0.6 is 0 Å². The van der Waals surface area contributed by atoms with Crippen LogP contribution in [0, 0.1) is 6.92 Å². The summed E-state index contributed by atoms with van der Waals surface area (Å²) >= 11 is 0. The molecule has 0 unspecified atom stereocenters. The molecule has 1 aliphatic rings. The molecule has 4 nitrogen and oxygen atoms in total. The lowest BCUT2D eigenvalue weighted by Crippen LogP contribution is -2.31. The first-order valence-corrected chi connectivity index (χ1v) is 10.1. The zero-order valence-electron chi connectivity index (χ0n) is 16.7. The molecule has 5 rings (SSSR count). The van der Waals surface area contributed by atoms with Crippen molar-refractivity contribution in [3.05, 3.63) is 117 Å². The van der Waals surface area contributed by atoms with Crippen LogP contribution in [0.2, 0.25) is 0 Å². The van der Waals surface area contributed by atoms with E-state index in [4.69, 9.17) is 4.42 Å². The molecule has 148 valence electrons. The first-order valence-electron chi connectivity index (χ1n) is 10.1. The van der Waals surface area contributed by atoms with Gasteiger partial charge in [0.1, 0.15) is 5.58 Å². The molecule has 0 saturated carbocycles. The number of hydrogen-bond donors (Lipinski definition) is 0. The zero-order chi connectivity index (χ0) is 20.7. The molecule has 0 fully saturated rings. The highest BCUT2D eigenvalue weighted by Crippen LogP contribution is 2.38. The van der Waals surface area contributed by atoms with Crippen LogP contribution in [0.25, 0.3) is 11.0 Å². The lowest BCUT2D eigenvalue weighted by Gasteiger charge is -2.25. The summed E-state index contributed by atoms with van der Waals surface area (Å²) in [7, 11) is 0. The molecular formula is C26H21NO3. The summed E-state index contributed by atoms with van der Waals surface area (Å²) < 4.78 is 5.96. The number of amides is 1. The van der Waals surface area contributed by atoms with E-state index >= 15 is 0 Å². The molecule has 2 heterocycles. The topological polar surface area (TPSA) is 50.5 Å². The predicted octanol–water partition coefficient (Wildman–Crippen LogP) is 4.89. The molecular weight excluding hydrogens is 374 g/mol. The second kappa shape index (κ2) is 7.30. The molecule has 1 atom stereocenters. The molecule has 3 aromatic carbocycles. The van der Waals surface area contributed by atoms with Gasteiger partial charge < -0.3 is 9.32 Å². The maximum Gasteiger partial charge on any atom is 0.290 e. The van der Waals surface area contributed by atoms with Crippen molar-refractivity contribution >= 4 is 16.9 Å². The Morgan fingerprint density at radius 1 is 0.867 bits per heavy atom. The molecule has 30 heavy (non-hydrogen) atoms. The van der Waals surface area contributed by atoms with Crippen molar-refractivity contribution in [1.29, 1.82) is 0 Å². The predicted molar refractivity (Wildman–Crippen MR) is 117 cm³/mol. The van der Waals surface area contributed by atoms with Gasteiger partial charge in [0.05, 0.1) is 17.0 Å². The van der Waals surface area contributed by atoms with E-state index in [2.05, 4.69) is 0 Å². The third-order valence-corrected chi connectivity index (χ3v) is 5.75. The van der Waals surface area contributed by atoms with Crippen LogP contribution < -0.4 is 5.43 Å². The highest BCUT2D eigenvalue weighted by Gasteiger charge is 2.42. The summed E-state index contributed by atoms with van der Waals surface area (Å²) in [6.45, 7) is 2.52. The molecule has 1 amide bonds. The average molecular weight is 395 g/mol. The van der Waals surface area contributed by atoms with Crippen molar-refractivity contribution < 1.29 is 9.21 Å². The van der Waals surface area contributed by atoms with Gasteiger partial charge in [0.25, 0.3) is 5.91 Å². The Labute approximate surface area is 174 Å². The summed E-state index contributed by atoms with van der Waals surface area (Å²) in [5.74, 6) is -0.0632. The van der Waals surface area contributed by atoms with E-state index in [1.807, 2.05) is 73.7 Å². The Balaban J connectivity index is 1.64. The average Bonchev–Trinajstić information content (AvgIpc) is 3.06. The maximum atomic E-state index is 13.4. The number of rotatable bonds is 4. The molecule has 0 N–H and O–H groups in total. The second-order valence-corrected chi connectivity index (χ2v) is 7.72. The lowest BCUT2D eigenvalue weighted by molar-refractivity contribution is 0.0730. The van der Waals surface area contributed by atoms with Gasteiger partial charge in [-0.1, -0.05) is 72.3 Å². The van der Waals surface area contributed by atoms with Gasteiger partial charge in [-0.15, -0.1) is 0 Å². The van der Waals surface area contributed by atoms with Crippen LogP contribution in [-0.2, 0) is 6.42 Å². The van der Waals surface area contributed by atoms with E-state index in [-0.39, 0.29) is 17.1 Å². The fraction of sp³-hybridized carbons (Fsp3) is 0.154. The second-order valence-electron chi connectivity index (χ2n) is 7.72. The summed E-state index contributed by atoms with van der Waals surface area (Å²) in [5.41, 5.74) is 3.95. The number of carbonyl (C=O) groups is 1. The van der Waals surface area contributed by atoms with Gasteiger partial charge in [-0.3, -0.25) is 9.59 Å². The SMILES string of the molecule is Cc1ccc([C@@H]2c3c(oc4ccccc4c3=O)C(=O)N2CCc2ccccc2)cc1. The molecule has 4 heteroatoms. The number of fused-ring (bicyclic) bond motifs is 2. The van der Waals surface area contributed by atoms with Crippen molar-refractivity contribution in [3.8, 4) is 0 Å². The van der Waals surface area contributed by atoms with E-state index in [0.29, 0.717) is 29.5 Å². The van der Waals surface area contributed by atoms with Crippen LogP contribution in [0.5, 0.6) is 0 Å². The van der Waals surface area contributed by atoms with Gasteiger partial charge in [0.2, 0.25) is 5.76 Å². The fourth-order valence-corrected chi connectivity index (χ4v) is 4.19. The molecule has 4 aromatic rings. The molecule has 1 aliphatic heterocycles. The summed E-state index contributed by atoms with van der Waals surface area (Å²) in [6, 6.07) is 24.7. The van der Waals surface area contributed by atoms with Gasteiger partial charge in [-0.2, -0.15) is 0 Å². The monoisotopic (exact) mass is 395 g/mol. The number of nitrogens with zero attached hydrogens (tertiary/aromatic N) is 1. The number of para-hydroxylation sites is 1. The number of aryl methyl sites for hydroxylation is 1. The Morgan fingerprint density at radius 3 is 2.33 bits per heavy atom. The van der Waals surface area contributed by atoms with Gasteiger partial charge >= 0.3 is 0 Å². The Bertz CT molecular complexity index is 1290. The minimum absolute atomic E-state index is 0.131. The van der Waals surface area contributed by atoms with Gasteiger partial charge in [0, 0.05) is 6.54 Å². The maximum absolute atomic E-state index is 13.4. The van der Waals surface area contributed by atoms with E-state index in [9.17, 15) is 9.59 Å². The molecule has 0 radical (unpaired) electrons. The van der Waals surface area contributed by atoms with Crippen LogP contribution in [0.4, 0.5) is 0 Å². The molecule has 1 aromatic heterocycles. The van der Waals surface area contributed by atoms with Crippen molar-refractivity contribution in [2.45, 2.75) is 19.4 Å². The van der Waals surface area contributed by atoms with Crippen molar-refractivity contribution in [1.82, 2.24) is 4.90 Å². The highest BCUT2D eigenvalue weighted by atomic mass is 16.3. The summed E-state index contributed by atoms with van der Waals surface area (Å²) in [4.78, 5) is 28.5. The van der Waals surface area contributed by atoms with E-state index in [0.717, 1.165) is 16.7 Å². The summed E-state index contributed by atoms with van der Waals surface area (Å²) in [6.07, 6.45) is 0.705. The normalized spacial score (nSPS) is 15.6. The van der Waals surface area contributed by atoms with Gasteiger partial charge in [0.15, 0.2) is 5.43 Å². The molecule has 0 bridgehead atoms. The van der Waals surface area contributed by atoms with E-state index in [1.54, 1.807) is 17.0 Å². The largest absolute Gasteiger partial charge is 0.450 e. The minimum Gasteiger partial charge on any atom is -0.450 e. The smallest absolute Gasteiger partial charge is 0.290 e. The first kappa shape index (κ1) is 18.4. The Kier molecular flexibility index (Phi) is 4.47. The number of carbonyl (C=O) groups excluding carboxylic acids is 1. The quantitative estimate of drug-likeness (QED) is 0.494. The minimum atomic E-state index is -0.447. The Hall–Kier alpha value is -3.66. The van der Waals surface area contributed by atoms with Crippen LogP contribution in [0.15, 0.2) is 88.1 Å². The molecule has 0 saturated heterocycles. The third-order valence-electron chi connectivity index (χ3n) is 5.75. The number of hydrogen-bond acceptors (Lipinski definition) is 3.